The Morgan fingerprint density at radius 1 is 1.00 bits per heavy atom. The van der Waals surface area contributed by atoms with Crippen molar-refractivity contribution in [1.29, 1.82) is 0 Å². The molecule has 7 heteroatoms. The maximum absolute atomic E-state index is 11.6. The smallest absolute Gasteiger partial charge is 0.207 e. The van der Waals surface area contributed by atoms with Crippen molar-refractivity contribution in [2.45, 2.75) is 4.90 Å². The molecule has 0 radical (unpaired) electrons. The molecule has 17 heavy (non-hydrogen) atoms. The lowest BCUT2D eigenvalue weighted by atomic mass is 10.2. The minimum atomic E-state index is -4.10. The highest BCUT2D eigenvalue weighted by Gasteiger charge is 2.19. The first-order chi connectivity index (χ1) is 7.80. The Hall–Kier alpha value is -1.44. The predicted molar refractivity (Wildman–Crippen MR) is 66.0 cm³/mol. The normalized spacial score (nSPS) is 12.0. The van der Waals surface area contributed by atoms with Gasteiger partial charge in [0.25, 0.3) is 10.0 Å². The van der Waals surface area contributed by atoms with E-state index < -0.39 is 20.0 Å². The molecule has 0 aliphatic heterocycles. The second kappa shape index (κ2) is 4.82. The molecule has 92 valence electrons. The summed E-state index contributed by atoms with van der Waals surface area (Å²) in [5.74, 6) is 0. The fourth-order valence-corrected chi connectivity index (χ4v) is 3.39. The van der Waals surface area contributed by atoms with Gasteiger partial charge in [-0.1, -0.05) is 31.4 Å². The number of benzene rings is 1. The highest BCUT2D eigenvalue weighted by molar-refractivity contribution is 8.06. The fourth-order valence-electron chi connectivity index (χ4n) is 1.02. The molecule has 0 heterocycles. The zero-order valence-electron chi connectivity index (χ0n) is 8.83. The van der Waals surface area contributed by atoms with Gasteiger partial charge >= 0.3 is 0 Å². The van der Waals surface area contributed by atoms with Crippen molar-refractivity contribution < 1.29 is 16.8 Å². The average Bonchev–Trinajstić information content (AvgIpc) is 2.28. The van der Waals surface area contributed by atoms with Gasteiger partial charge in [0.05, 0.1) is 4.90 Å². The van der Waals surface area contributed by atoms with Crippen LogP contribution in [-0.2, 0) is 20.0 Å². The topological polar surface area (TPSA) is 80.3 Å². The molecule has 0 aliphatic carbocycles. The summed E-state index contributed by atoms with van der Waals surface area (Å²) in [6, 6.07) is 5.61. The first-order valence-electron chi connectivity index (χ1n) is 4.44. The molecule has 1 N–H and O–H groups in total. The predicted octanol–water partition coefficient (Wildman–Crippen LogP) is 1.08. The molecule has 0 amide bonds. The van der Waals surface area contributed by atoms with Crippen LogP contribution in [0.5, 0.6) is 0 Å². The Balaban J connectivity index is 3.14. The summed E-state index contributed by atoms with van der Waals surface area (Å²) in [5, 5.41) is 0.530. The summed E-state index contributed by atoms with van der Waals surface area (Å²) in [6.45, 7) is 6.53. The van der Waals surface area contributed by atoms with Crippen molar-refractivity contribution in [3.63, 3.8) is 0 Å². The van der Waals surface area contributed by atoms with Crippen LogP contribution in [0, 0.1) is 0 Å². The number of hydrogen-bond acceptors (Lipinski definition) is 4. The van der Waals surface area contributed by atoms with Gasteiger partial charge in [-0.15, -0.1) is 4.13 Å². The van der Waals surface area contributed by atoms with Crippen LogP contribution in [0.25, 0.3) is 6.08 Å². The van der Waals surface area contributed by atoms with Gasteiger partial charge in [0.2, 0.25) is 10.0 Å². The Bertz CT molecular complexity index is 627. The van der Waals surface area contributed by atoms with Crippen molar-refractivity contribution in [2.24, 2.45) is 0 Å². The zero-order valence-corrected chi connectivity index (χ0v) is 10.5. The second-order valence-corrected chi connectivity index (χ2v) is 6.64. The van der Waals surface area contributed by atoms with Crippen LogP contribution in [0.4, 0.5) is 0 Å². The molecular weight excluding hydrogens is 262 g/mol. The molecule has 1 rings (SSSR count). The number of hydrogen-bond donors (Lipinski definition) is 1. The summed E-state index contributed by atoms with van der Waals surface area (Å²) in [4.78, 5) is -0.145. The third-order valence-electron chi connectivity index (χ3n) is 1.87. The molecule has 0 saturated carbocycles. The molecule has 0 atom stereocenters. The van der Waals surface area contributed by atoms with Crippen LogP contribution in [0.2, 0.25) is 0 Å². The van der Waals surface area contributed by atoms with Gasteiger partial charge in [-0.3, -0.25) is 0 Å². The van der Waals surface area contributed by atoms with Crippen LogP contribution in [-0.4, -0.2) is 16.8 Å². The molecule has 5 nitrogen and oxygen atoms in total. The van der Waals surface area contributed by atoms with E-state index in [2.05, 4.69) is 13.2 Å². The summed E-state index contributed by atoms with van der Waals surface area (Å²) in [7, 11) is -8.13. The van der Waals surface area contributed by atoms with Gasteiger partial charge in [0.15, 0.2) is 0 Å². The van der Waals surface area contributed by atoms with E-state index in [0.29, 0.717) is 5.41 Å². The molecule has 0 saturated heterocycles. The van der Waals surface area contributed by atoms with Gasteiger partial charge in [-0.25, -0.2) is 16.8 Å². The lowest BCUT2D eigenvalue weighted by molar-refractivity contribution is 0.581. The summed E-state index contributed by atoms with van der Waals surface area (Å²) in [6.07, 6.45) is 1.55. The molecule has 0 unspecified atom stereocenters. The largest absolute Gasteiger partial charge is 0.253 e. The molecule has 0 aliphatic rings. The molecule has 0 fully saturated rings. The van der Waals surface area contributed by atoms with E-state index >= 15 is 0 Å². The Morgan fingerprint density at radius 3 is 1.94 bits per heavy atom. The van der Waals surface area contributed by atoms with Crippen LogP contribution in [0.15, 0.2) is 47.7 Å². The number of nitrogens with one attached hydrogen (secondary N) is 1. The summed E-state index contributed by atoms with van der Waals surface area (Å²) in [5.41, 5.74) is 0.732. The van der Waals surface area contributed by atoms with Crippen LogP contribution < -0.4 is 4.13 Å². The summed E-state index contributed by atoms with van der Waals surface area (Å²) < 4.78 is 47.0. The van der Waals surface area contributed by atoms with E-state index in [1.807, 2.05) is 0 Å². The average molecular weight is 273 g/mol. The lowest BCUT2D eigenvalue weighted by Crippen LogP contribution is -2.28. The molecule has 1 aromatic rings. The van der Waals surface area contributed by atoms with Crippen molar-refractivity contribution in [3.05, 3.63) is 48.4 Å². The standard InChI is InChI=1S/C10H11NO4S2/c1-3-9-5-7-10(8-6-9)17(14,15)11-16(12,13)4-2/h3-8,11H,1-2H2. The Labute approximate surface area is 101 Å². The van der Waals surface area contributed by atoms with Gasteiger partial charge in [0, 0.05) is 5.41 Å². The highest BCUT2D eigenvalue weighted by atomic mass is 32.3. The van der Waals surface area contributed by atoms with Crippen molar-refractivity contribution >= 4 is 26.1 Å². The maximum atomic E-state index is 11.6. The van der Waals surface area contributed by atoms with E-state index in [1.165, 1.54) is 28.4 Å². The van der Waals surface area contributed by atoms with E-state index in [9.17, 15) is 16.8 Å². The van der Waals surface area contributed by atoms with Crippen LogP contribution >= 0.6 is 0 Å². The quantitative estimate of drug-likeness (QED) is 0.870. The second-order valence-electron chi connectivity index (χ2n) is 3.07. The maximum Gasteiger partial charge on any atom is 0.253 e. The molecule has 0 bridgehead atoms. The van der Waals surface area contributed by atoms with Gasteiger partial charge in [-0.05, 0) is 17.7 Å². The summed E-state index contributed by atoms with van der Waals surface area (Å²) >= 11 is 0. The van der Waals surface area contributed by atoms with Gasteiger partial charge in [0.1, 0.15) is 0 Å². The van der Waals surface area contributed by atoms with E-state index in [-0.39, 0.29) is 4.90 Å². The van der Waals surface area contributed by atoms with E-state index in [1.54, 1.807) is 6.08 Å². The molecule has 0 spiro atoms. The monoisotopic (exact) mass is 273 g/mol. The van der Waals surface area contributed by atoms with Gasteiger partial charge < -0.3 is 0 Å². The van der Waals surface area contributed by atoms with Crippen LogP contribution in [0.3, 0.4) is 0 Å². The third-order valence-corrected chi connectivity index (χ3v) is 5.01. The van der Waals surface area contributed by atoms with Crippen molar-refractivity contribution in [2.75, 3.05) is 0 Å². The van der Waals surface area contributed by atoms with Crippen molar-refractivity contribution in [3.8, 4) is 0 Å². The lowest BCUT2D eigenvalue weighted by Gasteiger charge is -2.05. The van der Waals surface area contributed by atoms with E-state index in [4.69, 9.17) is 0 Å². The Morgan fingerprint density at radius 2 is 1.53 bits per heavy atom. The van der Waals surface area contributed by atoms with Crippen LogP contribution in [0.1, 0.15) is 5.56 Å². The fraction of sp³-hybridized carbons (Fsp3) is 0. The first kappa shape index (κ1) is 13.6. The minimum absolute atomic E-state index is 0.145. The highest BCUT2D eigenvalue weighted by Crippen LogP contribution is 2.12. The molecular formula is C10H11NO4S2. The van der Waals surface area contributed by atoms with Crippen molar-refractivity contribution in [1.82, 2.24) is 4.13 Å². The molecule has 1 aromatic carbocycles. The third kappa shape index (κ3) is 3.52. The SMILES string of the molecule is C=Cc1ccc(S(=O)(=O)NS(=O)(=O)C=C)cc1. The Kier molecular flexibility index (Phi) is 3.87. The zero-order chi connectivity index (χ0) is 13.1. The van der Waals surface area contributed by atoms with Gasteiger partial charge in [-0.2, -0.15) is 0 Å². The number of rotatable bonds is 5. The number of sulfonamides is 2. The molecule has 0 aromatic heterocycles. The van der Waals surface area contributed by atoms with E-state index in [0.717, 1.165) is 5.56 Å². The first-order valence-corrected chi connectivity index (χ1v) is 7.47. The minimum Gasteiger partial charge on any atom is -0.207 e.